The standard InChI is InChI=1S/C27H32N6O6S.C26H30N6O5S/c1-7-39-21-12-9-11-20(36-4)24(21)33-22(31-32-27(33)19-10-8-13-23(30-19)37-5)16-40(34,35)18(3)25(38-6)26-28-14-17(2)15-29-26;1-6-37-21-12-9-11-20(35-4)23(21)32-22(30-31-26(32)19-10-7-8-13-27-19)16-38(33,34)18(3)24(36-5)25-28-14-17(2)15-29-25/h8-15,18,25H,7,16H2,1-6H3;7-15,18,24H,6,16H2,1-5H3. The van der Waals surface area contributed by atoms with Gasteiger partial charge in [0.25, 0.3) is 0 Å². The highest BCUT2D eigenvalue weighted by atomic mass is 32.2. The van der Waals surface area contributed by atoms with Crippen molar-refractivity contribution in [3.63, 3.8) is 0 Å². The highest BCUT2D eigenvalue weighted by Crippen LogP contribution is 2.39. The van der Waals surface area contributed by atoms with E-state index in [1.807, 2.05) is 33.8 Å². The van der Waals surface area contributed by atoms with Crippen LogP contribution in [0.15, 0.2) is 104 Å². The SMILES string of the molecule is CCOc1cccc(OC)c1-n1c(CS(=O)(=O)C(C)C(OC)c2ncc(C)cn2)nnc1-c1cccc(OC)n1.CCOc1cccc(OC)c1-n1c(CS(=O)(=O)C(C)C(OC)c2ncc(C)cn2)nnc1-c1ccccn1. The molecule has 0 radical (unpaired) electrons. The maximum Gasteiger partial charge on any atom is 0.213 e. The summed E-state index contributed by atoms with van der Waals surface area (Å²) in [5.41, 5.74) is 3.55. The summed E-state index contributed by atoms with van der Waals surface area (Å²) in [7, 11) is -0.331. The zero-order valence-electron chi connectivity index (χ0n) is 45.1. The molecule has 6 aromatic heterocycles. The summed E-state index contributed by atoms with van der Waals surface area (Å²) in [6.07, 6.45) is 6.34. The van der Waals surface area contributed by atoms with Crippen LogP contribution >= 0.6 is 0 Å². The molecule has 8 rings (SSSR count). The van der Waals surface area contributed by atoms with Crippen LogP contribution in [0, 0.1) is 13.8 Å². The first-order valence-electron chi connectivity index (χ1n) is 24.5. The van der Waals surface area contributed by atoms with Crippen molar-refractivity contribution in [3.05, 3.63) is 138 Å². The van der Waals surface area contributed by atoms with Gasteiger partial charge in [0.1, 0.15) is 69.5 Å². The molecule has 0 aliphatic rings. The van der Waals surface area contributed by atoms with E-state index >= 15 is 0 Å². The second kappa shape index (κ2) is 25.9. The van der Waals surface area contributed by atoms with Gasteiger partial charge in [0.15, 0.2) is 54.6 Å². The maximum atomic E-state index is 13.8. The number of benzene rings is 2. The highest BCUT2D eigenvalue weighted by molar-refractivity contribution is 7.91. The lowest BCUT2D eigenvalue weighted by Crippen LogP contribution is -2.30. The molecule has 0 fully saturated rings. The Morgan fingerprint density at radius 3 is 1.32 bits per heavy atom. The van der Waals surface area contributed by atoms with E-state index in [4.69, 9.17) is 33.2 Å². The van der Waals surface area contributed by atoms with Crippen molar-refractivity contribution in [2.45, 2.75) is 75.8 Å². The number of para-hydroxylation sites is 2. The first kappa shape index (κ1) is 57.7. The van der Waals surface area contributed by atoms with Gasteiger partial charge in [-0.15, -0.1) is 20.4 Å². The molecule has 0 amide bonds. The van der Waals surface area contributed by atoms with Gasteiger partial charge in [-0.25, -0.2) is 41.8 Å². The lowest BCUT2D eigenvalue weighted by Gasteiger charge is -2.22. The quantitative estimate of drug-likeness (QED) is 0.0620. The van der Waals surface area contributed by atoms with Crippen LogP contribution in [0.1, 0.15) is 74.3 Å². The summed E-state index contributed by atoms with van der Waals surface area (Å²) in [6.45, 7) is 11.3. The third-order valence-corrected chi connectivity index (χ3v) is 16.3. The summed E-state index contributed by atoms with van der Waals surface area (Å²) in [6, 6.07) is 21.2. The number of pyridine rings is 2. The third kappa shape index (κ3) is 12.9. The lowest BCUT2D eigenvalue weighted by atomic mass is 10.2. The fourth-order valence-corrected chi connectivity index (χ4v) is 11.0. The molecule has 0 aliphatic carbocycles. The number of rotatable bonds is 23. The maximum absolute atomic E-state index is 13.8. The van der Waals surface area contributed by atoms with E-state index in [-0.39, 0.29) is 29.1 Å². The minimum absolute atomic E-state index is 0.136. The monoisotopic (exact) mass is 1110 g/mol. The molecule has 0 N–H and O–H groups in total. The Balaban J connectivity index is 0.000000226. The van der Waals surface area contributed by atoms with Crippen molar-refractivity contribution < 1.29 is 50.0 Å². The molecule has 0 spiro atoms. The summed E-state index contributed by atoms with van der Waals surface area (Å²) < 4.78 is 97.8. The molecule has 6 heterocycles. The molecule has 78 heavy (non-hydrogen) atoms. The van der Waals surface area contributed by atoms with Gasteiger partial charge in [0.2, 0.25) is 5.88 Å². The van der Waals surface area contributed by atoms with E-state index in [9.17, 15) is 16.8 Å². The summed E-state index contributed by atoms with van der Waals surface area (Å²) in [4.78, 5) is 26.0. The first-order chi connectivity index (χ1) is 37.5. The van der Waals surface area contributed by atoms with E-state index in [2.05, 4.69) is 50.3 Å². The van der Waals surface area contributed by atoms with Crippen molar-refractivity contribution in [1.29, 1.82) is 0 Å². The normalized spacial score (nSPS) is 13.1. The molecular formula is C53H62N12O11S2. The molecule has 25 heteroatoms. The molecule has 8 aromatic rings. The molecule has 0 saturated carbocycles. The van der Waals surface area contributed by atoms with Crippen LogP contribution in [0.5, 0.6) is 28.9 Å². The molecule has 23 nitrogen and oxygen atoms in total. The third-order valence-electron chi connectivity index (χ3n) is 12.2. The van der Waals surface area contributed by atoms with Crippen LogP contribution in [0.2, 0.25) is 0 Å². The average molecular weight is 1110 g/mol. The Hall–Kier alpha value is -8.00. The highest BCUT2D eigenvalue weighted by Gasteiger charge is 2.37. The second-order valence-electron chi connectivity index (χ2n) is 17.4. The number of sulfone groups is 2. The Morgan fingerprint density at radius 2 is 0.923 bits per heavy atom. The van der Waals surface area contributed by atoms with Gasteiger partial charge < -0.3 is 33.2 Å². The van der Waals surface area contributed by atoms with Crippen LogP contribution < -0.4 is 23.7 Å². The number of hydrogen-bond donors (Lipinski definition) is 0. The van der Waals surface area contributed by atoms with Crippen molar-refractivity contribution in [1.82, 2.24) is 59.4 Å². The smallest absolute Gasteiger partial charge is 0.213 e. The molecule has 0 bridgehead atoms. The first-order valence-corrected chi connectivity index (χ1v) is 27.9. The number of hydrogen-bond acceptors (Lipinski definition) is 21. The summed E-state index contributed by atoms with van der Waals surface area (Å²) in [5.74, 6) is 2.78. The van der Waals surface area contributed by atoms with Crippen LogP contribution in [0.25, 0.3) is 34.4 Å². The van der Waals surface area contributed by atoms with Crippen molar-refractivity contribution in [2.75, 3.05) is 48.8 Å². The van der Waals surface area contributed by atoms with Gasteiger partial charge in [0.05, 0.1) is 45.0 Å². The van der Waals surface area contributed by atoms with Gasteiger partial charge >= 0.3 is 0 Å². The fourth-order valence-electron chi connectivity index (χ4n) is 8.20. The molecular weight excluding hydrogens is 1040 g/mol. The predicted octanol–water partition coefficient (Wildman–Crippen LogP) is 7.06. The van der Waals surface area contributed by atoms with Gasteiger partial charge in [-0.2, -0.15) is 0 Å². The predicted molar refractivity (Wildman–Crippen MR) is 288 cm³/mol. The molecule has 4 atom stereocenters. The largest absolute Gasteiger partial charge is 0.494 e. The van der Waals surface area contributed by atoms with E-state index in [0.29, 0.717) is 70.7 Å². The Morgan fingerprint density at radius 1 is 0.500 bits per heavy atom. The number of aryl methyl sites for hydroxylation is 2. The fraction of sp³-hybridized carbons (Fsp3) is 0.358. The molecule has 412 valence electrons. The van der Waals surface area contributed by atoms with Crippen LogP contribution in [-0.4, -0.2) is 136 Å². The van der Waals surface area contributed by atoms with Gasteiger partial charge in [-0.3, -0.25) is 14.1 Å². The van der Waals surface area contributed by atoms with Crippen LogP contribution in [-0.2, 0) is 40.7 Å². The van der Waals surface area contributed by atoms with E-state index < -0.39 is 53.9 Å². The molecule has 4 unspecified atom stereocenters. The summed E-state index contributed by atoms with van der Waals surface area (Å²) >= 11 is 0. The zero-order valence-corrected chi connectivity index (χ0v) is 46.8. The van der Waals surface area contributed by atoms with Crippen LogP contribution in [0.3, 0.4) is 0 Å². The Kier molecular flexibility index (Phi) is 19.2. The van der Waals surface area contributed by atoms with E-state index in [0.717, 1.165) is 11.1 Å². The topological polar surface area (TPSA) is 272 Å². The van der Waals surface area contributed by atoms with Gasteiger partial charge in [-0.05, 0) is 95.1 Å². The number of aromatic nitrogens is 12. The Bertz CT molecular complexity index is 3500. The van der Waals surface area contributed by atoms with Crippen molar-refractivity contribution >= 4 is 19.7 Å². The molecule has 0 saturated heterocycles. The van der Waals surface area contributed by atoms with Crippen molar-refractivity contribution in [3.8, 4) is 63.3 Å². The number of nitrogens with zero attached hydrogens (tertiary/aromatic N) is 12. The lowest BCUT2D eigenvalue weighted by molar-refractivity contribution is 0.0947. The zero-order chi connectivity index (χ0) is 56.1. The molecule has 2 aromatic carbocycles. The van der Waals surface area contributed by atoms with E-state index in [1.54, 1.807) is 121 Å². The summed E-state index contributed by atoms with van der Waals surface area (Å²) in [5, 5.41) is 15.3. The van der Waals surface area contributed by atoms with E-state index in [1.165, 1.54) is 35.5 Å². The van der Waals surface area contributed by atoms with Crippen LogP contribution in [0.4, 0.5) is 0 Å². The minimum Gasteiger partial charge on any atom is -0.494 e. The number of ether oxygens (including phenoxy) is 7. The van der Waals surface area contributed by atoms with Crippen molar-refractivity contribution in [2.24, 2.45) is 0 Å². The average Bonchev–Trinajstić information content (AvgIpc) is 4.10. The second-order valence-corrected chi connectivity index (χ2v) is 22.1. The Labute approximate surface area is 453 Å². The molecule has 0 aliphatic heterocycles. The van der Waals surface area contributed by atoms with Gasteiger partial charge in [0, 0.05) is 51.3 Å². The number of methoxy groups -OCH3 is 5. The van der Waals surface area contributed by atoms with Gasteiger partial charge in [-0.1, -0.05) is 24.3 Å². The minimum atomic E-state index is -3.89.